The minimum atomic E-state index is -0.179. The Hall–Kier alpha value is -1.96. The van der Waals surface area contributed by atoms with E-state index in [1.165, 1.54) is 0 Å². The first-order valence-electron chi connectivity index (χ1n) is 8.24. The van der Waals surface area contributed by atoms with Crippen LogP contribution in [0.5, 0.6) is 0 Å². The van der Waals surface area contributed by atoms with Gasteiger partial charge in [-0.1, -0.05) is 12.1 Å². The maximum absolute atomic E-state index is 12.5. The number of rotatable bonds is 5. The van der Waals surface area contributed by atoms with Crippen LogP contribution in [0.2, 0.25) is 0 Å². The van der Waals surface area contributed by atoms with Gasteiger partial charge in [-0.05, 0) is 19.1 Å². The van der Waals surface area contributed by atoms with Gasteiger partial charge in [0.1, 0.15) is 5.82 Å². The number of carbonyl (C=O) groups excluding carboxylic acids is 1. The average Bonchev–Trinajstić information content (AvgIpc) is 2.60. The maximum Gasteiger partial charge on any atom is 0.258 e. The Labute approximate surface area is 152 Å². The van der Waals surface area contributed by atoms with Gasteiger partial charge in [0, 0.05) is 25.6 Å². The third-order valence-corrected chi connectivity index (χ3v) is 4.16. The number of benzene rings is 1. The fraction of sp³-hybridized carbons (Fsp3) is 0.471. The molecule has 0 saturated carbocycles. The first kappa shape index (κ1) is 19.4. The summed E-state index contributed by atoms with van der Waals surface area (Å²) < 4.78 is 5.39. The van der Waals surface area contributed by atoms with E-state index in [0.717, 1.165) is 6.54 Å². The lowest BCUT2D eigenvalue weighted by atomic mass is 10.1. The number of nitrogens with zero attached hydrogens (tertiary/aromatic N) is 2. The molecule has 136 valence electrons. The molecule has 0 bridgehead atoms. The highest BCUT2D eigenvalue weighted by atomic mass is 35.5. The maximum atomic E-state index is 12.5. The number of hydrogen-bond acceptors (Lipinski definition) is 5. The lowest BCUT2D eigenvalue weighted by Crippen LogP contribution is -2.45. The molecule has 1 saturated heterocycles. The summed E-state index contributed by atoms with van der Waals surface area (Å²) in [5, 5.41) is 3.83. The molecule has 0 spiro atoms. The molecule has 1 aromatic heterocycles. The number of aromatic nitrogens is 2. The van der Waals surface area contributed by atoms with Gasteiger partial charge in [0.2, 0.25) is 5.91 Å². The molecule has 1 atom stereocenters. The van der Waals surface area contributed by atoms with Crippen molar-refractivity contribution in [1.82, 2.24) is 20.2 Å². The van der Waals surface area contributed by atoms with Gasteiger partial charge >= 0.3 is 0 Å². The predicted octanol–water partition coefficient (Wildman–Crippen LogP) is 1.07. The summed E-state index contributed by atoms with van der Waals surface area (Å²) in [6, 6.07) is 7.23. The molecule has 0 aliphatic carbocycles. The molecule has 2 N–H and O–H groups in total. The summed E-state index contributed by atoms with van der Waals surface area (Å²) in [5.74, 6) is 0.526. The quantitative estimate of drug-likeness (QED) is 0.826. The number of ether oxygens (including phenoxy) is 1. The van der Waals surface area contributed by atoms with Crippen molar-refractivity contribution in [3.63, 3.8) is 0 Å². The predicted molar refractivity (Wildman–Crippen MR) is 97.9 cm³/mol. The molecule has 8 heteroatoms. The highest BCUT2D eigenvalue weighted by Crippen LogP contribution is 2.09. The summed E-state index contributed by atoms with van der Waals surface area (Å²) in [5.41, 5.74) is 0.462. The van der Waals surface area contributed by atoms with Crippen LogP contribution >= 0.6 is 12.4 Å². The second-order valence-corrected chi connectivity index (χ2v) is 5.87. The molecular formula is C17H23ClN4O3. The summed E-state index contributed by atoms with van der Waals surface area (Å²) in [4.78, 5) is 33.6. The second-order valence-electron chi connectivity index (χ2n) is 5.87. The molecule has 1 fully saturated rings. The number of halogens is 1. The van der Waals surface area contributed by atoms with Gasteiger partial charge in [-0.25, -0.2) is 4.98 Å². The van der Waals surface area contributed by atoms with E-state index in [1.807, 2.05) is 13.0 Å². The summed E-state index contributed by atoms with van der Waals surface area (Å²) in [7, 11) is 0. The largest absolute Gasteiger partial charge is 0.378 e. The van der Waals surface area contributed by atoms with Crippen molar-refractivity contribution in [2.75, 3.05) is 26.3 Å². The Kier molecular flexibility index (Phi) is 6.92. The lowest BCUT2D eigenvalue weighted by Gasteiger charge is -2.26. The van der Waals surface area contributed by atoms with E-state index in [4.69, 9.17) is 4.74 Å². The monoisotopic (exact) mass is 366 g/mol. The minimum Gasteiger partial charge on any atom is -0.378 e. The Morgan fingerprint density at radius 1 is 1.40 bits per heavy atom. The van der Waals surface area contributed by atoms with Gasteiger partial charge in [0.15, 0.2) is 0 Å². The number of hydrogen-bond donors (Lipinski definition) is 2. The van der Waals surface area contributed by atoms with Crippen LogP contribution in [0.4, 0.5) is 0 Å². The van der Waals surface area contributed by atoms with E-state index >= 15 is 0 Å². The number of carbonyl (C=O) groups is 1. The van der Waals surface area contributed by atoms with Crippen LogP contribution < -0.4 is 10.9 Å². The molecule has 3 rings (SSSR count). The zero-order valence-corrected chi connectivity index (χ0v) is 15.0. The smallest absolute Gasteiger partial charge is 0.258 e. The van der Waals surface area contributed by atoms with E-state index in [-0.39, 0.29) is 29.9 Å². The SMILES string of the molecule is CCN(Cc1nc2ccccc2c(=O)[nH]1)C(=O)CC1COCCN1.Cl. The highest BCUT2D eigenvalue weighted by molar-refractivity contribution is 5.85. The van der Waals surface area contributed by atoms with Crippen molar-refractivity contribution in [3.8, 4) is 0 Å². The average molecular weight is 367 g/mol. The minimum absolute atomic E-state index is 0. The van der Waals surface area contributed by atoms with Crippen molar-refractivity contribution < 1.29 is 9.53 Å². The number of nitrogens with one attached hydrogen (secondary N) is 2. The third-order valence-electron chi connectivity index (χ3n) is 4.16. The van der Waals surface area contributed by atoms with Gasteiger partial charge in [0.05, 0.1) is 30.7 Å². The first-order chi connectivity index (χ1) is 11.7. The van der Waals surface area contributed by atoms with E-state index in [9.17, 15) is 9.59 Å². The number of H-pyrrole nitrogens is 1. The fourth-order valence-electron chi connectivity index (χ4n) is 2.86. The van der Waals surface area contributed by atoms with Crippen LogP contribution in [0.25, 0.3) is 10.9 Å². The second kappa shape index (κ2) is 8.94. The Bertz CT molecular complexity index is 774. The number of para-hydroxylation sites is 1. The normalized spacial score (nSPS) is 17.1. The number of amides is 1. The van der Waals surface area contributed by atoms with Crippen molar-refractivity contribution >= 4 is 29.2 Å². The molecule has 25 heavy (non-hydrogen) atoms. The van der Waals surface area contributed by atoms with Crippen LogP contribution in [0, 0.1) is 0 Å². The molecular weight excluding hydrogens is 344 g/mol. The summed E-state index contributed by atoms with van der Waals surface area (Å²) in [6.45, 7) is 4.77. The van der Waals surface area contributed by atoms with E-state index < -0.39 is 0 Å². The fourth-order valence-corrected chi connectivity index (χ4v) is 2.86. The standard InChI is InChI=1S/C17H22N4O3.ClH/c1-2-21(16(22)9-12-11-24-8-7-18-12)10-15-19-14-6-4-3-5-13(14)17(23)20-15;/h3-6,12,18H,2,7-11H2,1H3,(H,19,20,23);1H. The number of morpholine rings is 1. The molecule has 1 aliphatic rings. The van der Waals surface area contributed by atoms with Gasteiger partial charge < -0.3 is 19.9 Å². The van der Waals surface area contributed by atoms with Crippen LogP contribution in [0.3, 0.4) is 0 Å². The van der Waals surface area contributed by atoms with E-state index in [0.29, 0.717) is 49.5 Å². The zero-order chi connectivity index (χ0) is 16.9. The molecule has 2 heterocycles. The van der Waals surface area contributed by atoms with Crippen molar-refractivity contribution in [1.29, 1.82) is 0 Å². The Morgan fingerprint density at radius 2 is 2.20 bits per heavy atom. The lowest BCUT2D eigenvalue weighted by molar-refractivity contribution is -0.133. The van der Waals surface area contributed by atoms with Crippen LogP contribution in [0.1, 0.15) is 19.2 Å². The topological polar surface area (TPSA) is 87.3 Å². The Morgan fingerprint density at radius 3 is 2.92 bits per heavy atom. The zero-order valence-electron chi connectivity index (χ0n) is 14.2. The van der Waals surface area contributed by atoms with E-state index in [2.05, 4.69) is 15.3 Å². The third kappa shape index (κ3) is 4.78. The van der Waals surface area contributed by atoms with E-state index in [1.54, 1.807) is 23.1 Å². The van der Waals surface area contributed by atoms with Gasteiger partial charge in [-0.2, -0.15) is 0 Å². The molecule has 7 nitrogen and oxygen atoms in total. The number of fused-ring (bicyclic) bond motifs is 1. The van der Waals surface area contributed by atoms with Gasteiger partial charge in [-0.3, -0.25) is 9.59 Å². The Balaban J connectivity index is 0.00000225. The van der Waals surface area contributed by atoms with Crippen molar-refractivity contribution in [3.05, 3.63) is 40.4 Å². The molecule has 0 radical (unpaired) electrons. The summed E-state index contributed by atoms with van der Waals surface area (Å²) in [6.07, 6.45) is 0.381. The van der Waals surface area contributed by atoms with Crippen LogP contribution in [-0.2, 0) is 16.1 Å². The number of aromatic amines is 1. The van der Waals surface area contributed by atoms with Crippen LogP contribution in [-0.4, -0.2) is 53.1 Å². The molecule has 1 amide bonds. The summed E-state index contributed by atoms with van der Waals surface area (Å²) >= 11 is 0. The van der Waals surface area contributed by atoms with Crippen molar-refractivity contribution in [2.24, 2.45) is 0 Å². The van der Waals surface area contributed by atoms with Crippen LogP contribution in [0.15, 0.2) is 29.1 Å². The highest BCUT2D eigenvalue weighted by Gasteiger charge is 2.21. The molecule has 1 aromatic carbocycles. The van der Waals surface area contributed by atoms with Crippen molar-refractivity contribution in [2.45, 2.75) is 25.9 Å². The first-order valence-corrected chi connectivity index (χ1v) is 8.24. The molecule has 1 aliphatic heterocycles. The van der Waals surface area contributed by atoms with Gasteiger partial charge in [-0.15, -0.1) is 12.4 Å². The van der Waals surface area contributed by atoms with Gasteiger partial charge in [0.25, 0.3) is 5.56 Å². The molecule has 2 aromatic rings. The molecule has 1 unspecified atom stereocenters.